The third kappa shape index (κ3) is 3.20. The van der Waals surface area contributed by atoms with E-state index in [1.54, 1.807) is 12.1 Å². The third-order valence-electron chi connectivity index (χ3n) is 3.77. The second kappa shape index (κ2) is 6.38. The molecule has 0 amide bonds. The van der Waals surface area contributed by atoms with Crippen molar-refractivity contribution < 1.29 is 4.39 Å². The molecule has 106 valence electrons. The van der Waals surface area contributed by atoms with Crippen LogP contribution in [0.25, 0.3) is 0 Å². The SMILES string of the molecule is CCC(C)c1ccc(C(N)c2ccc(Cl)cc2F)cc1. The summed E-state index contributed by atoms with van der Waals surface area (Å²) < 4.78 is 13.9. The van der Waals surface area contributed by atoms with Crippen LogP contribution in [0, 0.1) is 5.82 Å². The second-order valence-electron chi connectivity index (χ2n) is 5.12. The van der Waals surface area contributed by atoms with Gasteiger partial charge < -0.3 is 5.73 Å². The van der Waals surface area contributed by atoms with Crippen molar-refractivity contribution in [1.82, 2.24) is 0 Å². The van der Waals surface area contributed by atoms with Crippen LogP contribution in [0.1, 0.15) is 48.9 Å². The van der Waals surface area contributed by atoms with E-state index in [0.717, 1.165) is 12.0 Å². The Bertz CT molecular complexity index is 580. The molecule has 0 fully saturated rings. The first-order valence-electron chi connectivity index (χ1n) is 6.83. The summed E-state index contributed by atoms with van der Waals surface area (Å²) in [6.07, 6.45) is 1.09. The minimum absolute atomic E-state index is 0.365. The molecule has 0 aliphatic carbocycles. The summed E-state index contributed by atoms with van der Waals surface area (Å²) in [7, 11) is 0. The van der Waals surface area contributed by atoms with E-state index in [1.807, 2.05) is 12.1 Å². The Labute approximate surface area is 124 Å². The summed E-state index contributed by atoms with van der Waals surface area (Å²) >= 11 is 5.76. The lowest BCUT2D eigenvalue weighted by atomic mass is 9.94. The summed E-state index contributed by atoms with van der Waals surface area (Å²) in [5.41, 5.74) is 8.79. The van der Waals surface area contributed by atoms with Crippen molar-refractivity contribution in [2.75, 3.05) is 0 Å². The smallest absolute Gasteiger partial charge is 0.129 e. The van der Waals surface area contributed by atoms with Crippen LogP contribution in [-0.4, -0.2) is 0 Å². The fourth-order valence-corrected chi connectivity index (χ4v) is 2.36. The second-order valence-corrected chi connectivity index (χ2v) is 5.56. The molecule has 3 heteroatoms. The van der Waals surface area contributed by atoms with Crippen LogP contribution in [0.15, 0.2) is 42.5 Å². The quantitative estimate of drug-likeness (QED) is 0.839. The molecule has 0 spiro atoms. The van der Waals surface area contributed by atoms with Gasteiger partial charge in [-0.1, -0.05) is 55.8 Å². The zero-order valence-electron chi connectivity index (χ0n) is 11.7. The molecule has 1 nitrogen and oxygen atoms in total. The van der Waals surface area contributed by atoms with E-state index in [0.29, 0.717) is 16.5 Å². The molecule has 0 heterocycles. The van der Waals surface area contributed by atoms with Crippen molar-refractivity contribution >= 4 is 11.6 Å². The maximum absolute atomic E-state index is 13.9. The topological polar surface area (TPSA) is 26.0 Å². The first kappa shape index (κ1) is 15.0. The monoisotopic (exact) mass is 291 g/mol. The van der Waals surface area contributed by atoms with Gasteiger partial charge >= 0.3 is 0 Å². The standard InChI is InChI=1S/C17H19ClFN/c1-3-11(2)12-4-6-13(7-5-12)17(20)15-9-8-14(18)10-16(15)19/h4-11,17H,3,20H2,1-2H3. The average molecular weight is 292 g/mol. The largest absolute Gasteiger partial charge is 0.320 e. The van der Waals surface area contributed by atoms with Crippen LogP contribution in [-0.2, 0) is 0 Å². The Morgan fingerprint density at radius 3 is 2.25 bits per heavy atom. The van der Waals surface area contributed by atoms with Gasteiger partial charge in [-0.15, -0.1) is 0 Å². The van der Waals surface area contributed by atoms with Crippen LogP contribution in [0.3, 0.4) is 0 Å². The van der Waals surface area contributed by atoms with Crippen molar-refractivity contribution in [1.29, 1.82) is 0 Å². The minimum atomic E-state index is -0.474. The molecular formula is C17H19ClFN. The number of benzene rings is 2. The molecule has 2 unspecified atom stereocenters. The number of hydrogen-bond acceptors (Lipinski definition) is 1. The molecule has 20 heavy (non-hydrogen) atoms. The van der Waals surface area contributed by atoms with E-state index < -0.39 is 6.04 Å². The highest BCUT2D eigenvalue weighted by Gasteiger charge is 2.14. The first-order valence-corrected chi connectivity index (χ1v) is 7.21. The molecule has 0 saturated carbocycles. The highest BCUT2D eigenvalue weighted by Crippen LogP contribution is 2.26. The molecule has 0 radical (unpaired) electrons. The average Bonchev–Trinajstić information content (AvgIpc) is 2.46. The van der Waals surface area contributed by atoms with Gasteiger partial charge in [0.05, 0.1) is 6.04 Å². The summed E-state index contributed by atoms with van der Waals surface area (Å²) in [6, 6.07) is 12.2. The Kier molecular flexibility index (Phi) is 4.79. The molecule has 0 saturated heterocycles. The van der Waals surface area contributed by atoms with Crippen LogP contribution in [0.2, 0.25) is 5.02 Å². The molecule has 0 aromatic heterocycles. The Balaban J connectivity index is 2.26. The molecule has 2 rings (SSSR count). The summed E-state index contributed by atoms with van der Waals surface area (Å²) in [4.78, 5) is 0. The number of nitrogens with two attached hydrogens (primary N) is 1. The molecule has 2 aromatic carbocycles. The predicted molar refractivity (Wildman–Crippen MR) is 82.6 cm³/mol. The lowest BCUT2D eigenvalue weighted by Crippen LogP contribution is -2.13. The summed E-state index contributed by atoms with van der Waals surface area (Å²) in [5, 5.41) is 0.380. The molecule has 0 aliphatic heterocycles. The zero-order valence-corrected chi connectivity index (χ0v) is 12.5. The van der Waals surface area contributed by atoms with Gasteiger partial charge in [0.2, 0.25) is 0 Å². The molecule has 0 aliphatic rings. The van der Waals surface area contributed by atoms with Gasteiger partial charge in [0.25, 0.3) is 0 Å². The Morgan fingerprint density at radius 1 is 1.10 bits per heavy atom. The molecule has 2 N–H and O–H groups in total. The summed E-state index contributed by atoms with van der Waals surface area (Å²) in [5.74, 6) is 0.156. The third-order valence-corrected chi connectivity index (χ3v) is 4.01. The van der Waals surface area contributed by atoms with Crippen molar-refractivity contribution in [3.8, 4) is 0 Å². The maximum atomic E-state index is 13.9. The number of rotatable bonds is 4. The maximum Gasteiger partial charge on any atom is 0.129 e. The Hall–Kier alpha value is -1.38. The molecule has 2 aromatic rings. The van der Waals surface area contributed by atoms with Gasteiger partial charge in [0.15, 0.2) is 0 Å². The minimum Gasteiger partial charge on any atom is -0.320 e. The number of hydrogen-bond donors (Lipinski definition) is 1. The predicted octanol–water partition coefficient (Wildman–Crippen LogP) is 5.04. The van der Waals surface area contributed by atoms with E-state index in [4.69, 9.17) is 17.3 Å². The summed E-state index contributed by atoms with van der Waals surface area (Å²) in [6.45, 7) is 4.35. The van der Waals surface area contributed by atoms with Gasteiger partial charge in [-0.3, -0.25) is 0 Å². The highest BCUT2D eigenvalue weighted by atomic mass is 35.5. The fourth-order valence-electron chi connectivity index (χ4n) is 2.20. The van der Waals surface area contributed by atoms with Gasteiger partial charge in [-0.25, -0.2) is 4.39 Å². The Morgan fingerprint density at radius 2 is 1.70 bits per heavy atom. The van der Waals surface area contributed by atoms with Crippen LogP contribution >= 0.6 is 11.6 Å². The number of halogens is 2. The van der Waals surface area contributed by atoms with Gasteiger partial charge in [-0.2, -0.15) is 0 Å². The molecular weight excluding hydrogens is 273 g/mol. The van der Waals surface area contributed by atoms with Crippen molar-refractivity contribution in [3.05, 3.63) is 70.0 Å². The lowest BCUT2D eigenvalue weighted by Gasteiger charge is -2.15. The fraction of sp³-hybridized carbons (Fsp3) is 0.294. The molecule has 2 atom stereocenters. The lowest BCUT2D eigenvalue weighted by molar-refractivity contribution is 0.599. The van der Waals surface area contributed by atoms with E-state index in [9.17, 15) is 4.39 Å². The van der Waals surface area contributed by atoms with E-state index in [2.05, 4.69) is 26.0 Å². The zero-order chi connectivity index (χ0) is 14.7. The molecule has 0 bridgehead atoms. The van der Waals surface area contributed by atoms with Gasteiger partial charge in [-0.05, 0) is 35.6 Å². The normalized spacial score (nSPS) is 14.1. The van der Waals surface area contributed by atoms with E-state index in [-0.39, 0.29) is 5.82 Å². The van der Waals surface area contributed by atoms with Gasteiger partial charge in [0, 0.05) is 10.6 Å². The van der Waals surface area contributed by atoms with Crippen molar-refractivity contribution in [2.45, 2.75) is 32.2 Å². The van der Waals surface area contributed by atoms with Crippen LogP contribution in [0.4, 0.5) is 4.39 Å². The van der Waals surface area contributed by atoms with E-state index >= 15 is 0 Å². The van der Waals surface area contributed by atoms with Crippen LogP contribution in [0.5, 0.6) is 0 Å². The van der Waals surface area contributed by atoms with Crippen LogP contribution < -0.4 is 5.73 Å². The first-order chi connectivity index (χ1) is 9.52. The highest BCUT2D eigenvalue weighted by molar-refractivity contribution is 6.30. The van der Waals surface area contributed by atoms with Crippen molar-refractivity contribution in [3.63, 3.8) is 0 Å². The van der Waals surface area contributed by atoms with Gasteiger partial charge in [0.1, 0.15) is 5.82 Å². The van der Waals surface area contributed by atoms with Crippen molar-refractivity contribution in [2.24, 2.45) is 5.73 Å². The van der Waals surface area contributed by atoms with E-state index in [1.165, 1.54) is 11.6 Å².